The van der Waals surface area contributed by atoms with Gasteiger partial charge in [0.15, 0.2) is 0 Å². The van der Waals surface area contributed by atoms with E-state index in [-0.39, 0.29) is 36.5 Å². The summed E-state index contributed by atoms with van der Waals surface area (Å²) in [6.45, 7) is 7.36. The summed E-state index contributed by atoms with van der Waals surface area (Å²) in [6, 6.07) is 6.18. The molecule has 170 valence electrons. The Morgan fingerprint density at radius 3 is 2.55 bits per heavy atom. The normalized spacial score (nSPS) is 14.5. The first-order valence-electron chi connectivity index (χ1n) is 10.1. The maximum atomic E-state index is 13.3. The molecular weight excluding hydrogens is 408 g/mol. The molecule has 1 aromatic rings. The lowest BCUT2D eigenvalue weighted by Crippen LogP contribution is -2.44. The highest BCUT2D eigenvalue weighted by Gasteiger charge is 2.31. The molecule has 7 nitrogen and oxygen atoms in total. The van der Waals surface area contributed by atoms with Crippen molar-refractivity contribution in [2.45, 2.75) is 52.7 Å². The largest absolute Gasteiger partial charge is 0.461 e. The summed E-state index contributed by atoms with van der Waals surface area (Å²) < 4.78 is 36.9. The first kappa shape index (κ1) is 24.3. The van der Waals surface area contributed by atoms with Gasteiger partial charge in [-0.25, -0.2) is 18.4 Å². The number of carbonyl (C=O) groups excluding carboxylic acids is 2. The first-order valence-corrected chi connectivity index (χ1v) is 10.1. The Morgan fingerprint density at radius 1 is 1.26 bits per heavy atom. The van der Waals surface area contributed by atoms with E-state index in [0.717, 1.165) is 0 Å². The number of hydrogen-bond acceptors (Lipinski definition) is 6. The summed E-state index contributed by atoms with van der Waals surface area (Å²) in [5.41, 5.74) is 0.102. The van der Waals surface area contributed by atoms with Crippen molar-refractivity contribution in [2.24, 2.45) is 0 Å². The minimum Gasteiger partial charge on any atom is -0.461 e. The molecule has 0 atom stereocenters. The zero-order valence-corrected chi connectivity index (χ0v) is 18.3. The number of nitrogens with one attached hydrogen (secondary N) is 2. The number of benzene rings is 1. The molecule has 0 bridgehead atoms. The fraction of sp³-hybridized carbons (Fsp3) is 0.500. The Balaban J connectivity index is 2.27. The number of esters is 1. The van der Waals surface area contributed by atoms with E-state index >= 15 is 0 Å². The Hall–Kier alpha value is -2.97. The highest BCUT2D eigenvalue weighted by molar-refractivity contribution is 6.42. The Labute approximate surface area is 180 Å². The fourth-order valence-electron chi connectivity index (χ4n) is 3.11. The van der Waals surface area contributed by atoms with Gasteiger partial charge in [0.1, 0.15) is 11.3 Å². The fourth-order valence-corrected chi connectivity index (χ4v) is 3.11. The van der Waals surface area contributed by atoms with E-state index in [9.17, 15) is 18.4 Å². The van der Waals surface area contributed by atoms with Crippen molar-refractivity contribution in [2.75, 3.05) is 19.7 Å². The zero-order valence-electron chi connectivity index (χ0n) is 18.3. The highest BCUT2D eigenvalue weighted by Crippen LogP contribution is 2.24. The molecule has 2 rings (SSSR count). The molecule has 0 spiro atoms. The lowest BCUT2D eigenvalue weighted by molar-refractivity contribution is -0.135. The van der Waals surface area contributed by atoms with Crippen LogP contribution in [0.15, 0.2) is 35.5 Å². The van der Waals surface area contributed by atoms with E-state index in [0.29, 0.717) is 24.2 Å². The summed E-state index contributed by atoms with van der Waals surface area (Å²) in [7, 11) is 0. The summed E-state index contributed by atoms with van der Waals surface area (Å²) in [6.07, 6.45) is -2.85. The van der Waals surface area contributed by atoms with E-state index in [4.69, 9.17) is 14.9 Å². The quantitative estimate of drug-likeness (QED) is 0.493. The van der Waals surface area contributed by atoms with Gasteiger partial charge < -0.3 is 19.7 Å². The van der Waals surface area contributed by atoms with Crippen LogP contribution in [0.3, 0.4) is 0 Å². The van der Waals surface area contributed by atoms with Crippen LogP contribution < -0.4 is 5.32 Å². The van der Waals surface area contributed by atoms with Crippen LogP contribution >= 0.6 is 0 Å². The number of hydrogen-bond donors (Lipinski definition) is 2. The van der Waals surface area contributed by atoms with Gasteiger partial charge in [0, 0.05) is 36.3 Å². The third kappa shape index (κ3) is 6.77. The maximum Gasteiger partial charge on any atom is 0.410 e. The lowest BCUT2D eigenvalue weighted by atomic mass is 10.0. The van der Waals surface area contributed by atoms with Crippen LogP contribution in [0.1, 0.15) is 51.7 Å². The summed E-state index contributed by atoms with van der Waals surface area (Å²) in [5.74, 6) is -0.809. The summed E-state index contributed by atoms with van der Waals surface area (Å²) in [4.78, 5) is 26.1. The van der Waals surface area contributed by atoms with Crippen molar-refractivity contribution in [1.29, 1.82) is 5.41 Å². The van der Waals surface area contributed by atoms with Crippen molar-refractivity contribution in [3.8, 4) is 0 Å². The van der Waals surface area contributed by atoms with Gasteiger partial charge in [-0.3, -0.25) is 5.41 Å². The number of alkyl halides is 2. The Bertz CT molecular complexity index is 863. The summed E-state index contributed by atoms with van der Waals surface area (Å²) >= 11 is 0. The molecular formula is C22H29F2N3O4. The average Bonchev–Trinajstić information content (AvgIpc) is 2.70. The third-order valence-corrected chi connectivity index (χ3v) is 4.56. The monoisotopic (exact) mass is 437 g/mol. The van der Waals surface area contributed by atoms with Gasteiger partial charge in [-0.1, -0.05) is 24.3 Å². The molecule has 1 aliphatic heterocycles. The van der Waals surface area contributed by atoms with Crippen molar-refractivity contribution in [3.05, 3.63) is 46.7 Å². The topological polar surface area (TPSA) is 91.7 Å². The van der Waals surface area contributed by atoms with E-state index in [1.54, 1.807) is 45.9 Å². The predicted molar refractivity (Wildman–Crippen MR) is 112 cm³/mol. The number of amides is 1. The molecule has 0 aliphatic carbocycles. The van der Waals surface area contributed by atoms with E-state index in [1.165, 1.54) is 11.0 Å². The Morgan fingerprint density at radius 2 is 1.94 bits per heavy atom. The number of rotatable bonds is 7. The molecule has 2 N–H and O–H groups in total. The van der Waals surface area contributed by atoms with Gasteiger partial charge in [-0.15, -0.1) is 0 Å². The molecule has 0 saturated heterocycles. The van der Waals surface area contributed by atoms with Crippen LogP contribution in [0.2, 0.25) is 0 Å². The van der Waals surface area contributed by atoms with Crippen LogP contribution in [0.4, 0.5) is 13.6 Å². The van der Waals surface area contributed by atoms with Crippen molar-refractivity contribution >= 4 is 17.8 Å². The van der Waals surface area contributed by atoms with Crippen LogP contribution in [0.25, 0.3) is 0 Å². The molecule has 0 saturated carbocycles. The molecule has 1 aromatic carbocycles. The second kappa shape index (κ2) is 10.4. The molecule has 1 aliphatic rings. The smallest absolute Gasteiger partial charge is 0.410 e. The summed E-state index contributed by atoms with van der Waals surface area (Å²) in [5, 5.41) is 11.3. The molecule has 31 heavy (non-hydrogen) atoms. The molecule has 0 radical (unpaired) electrons. The highest BCUT2D eigenvalue weighted by atomic mass is 19.3. The number of ether oxygens (including phenoxy) is 2. The number of halogens is 2. The number of carbonyl (C=O) groups is 2. The standard InChI is InChI=1S/C22H29F2N3O4/c1-5-30-20(28)18(25)16-13-27(21(29)31-22(2,3)4)11-10-17(16)26-12-14-8-6-7-9-15(14)19(23)24/h6-9,19,25-26H,5,10-13H2,1-4H3. The molecule has 0 fully saturated rings. The van der Waals surface area contributed by atoms with Gasteiger partial charge in [-0.2, -0.15) is 0 Å². The van der Waals surface area contributed by atoms with Crippen LogP contribution in [0, 0.1) is 5.41 Å². The minimum atomic E-state index is -2.61. The van der Waals surface area contributed by atoms with Crippen molar-refractivity contribution in [1.82, 2.24) is 10.2 Å². The van der Waals surface area contributed by atoms with E-state index in [2.05, 4.69) is 5.32 Å². The zero-order chi connectivity index (χ0) is 23.2. The second-order valence-electron chi connectivity index (χ2n) is 8.06. The van der Waals surface area contributed by atoms with Crippen LogP contribution in [0.5, 0.6) is 0 Å². The van der Waals surface area contributed by atoms with Gasteiger partial charge in [0.05, 0.1) is 13.2 Å². The minimum absolute atomic E-state index is 0.0224. The first-order chi connectivity index (χ1) is 14.5. The predicted octanol–water partition coefficient (Wildman–Crippen LogP) is 4.19. The van der Waals surface area contributed by atoms with Gasteiger partial charge in [0.2, 0.25) is 0 Å². The van der Waals surface area contributed by atoms with Gasteiger partial charge in [0.25, 0.3) is 6.43 Å². The second-order valence-corrected chi connectivity index (χ2v) is 8.06. The molecule has 1 amide bonds. The molecule has 1 heterocycles. The SMILES string of the molecule is CCOC(=O)C(=N)C1=C(NCc2ccccc2C(F)F)CCN(C(=O)OC(C)(C)C)C1. The lowest BCUT2D eigenvalue weighted by Gasteiger charge is -2.33. The third-order valence-electron chi connectivity index (χ3n) is 4.56. The van der Waals surface area contributed by atoms with Gasteiger partial charge in [-0.05, 0) is 33.3 Å². The van der Waals surface area contributed by atoms with Crippen molar-refractivity contribution < 1.29 is 27.8 Å². The van der Waals surface area contributed by atoms with Crippen molar-refractivity contribution in [3.63, 3.8) is 0 Å². The molecule has 0 unspecified atom stereocenters. The molecule has 0 aromatic heterocycles. The van der Waals surface area contributed by atoms with Crippen LogP contribution in [-0.4, -0.2) is 48.0 Å². The maximum absolute atomic E-state index is 13.3. The van der Waals surface area contributed by atoms with E-state index < -0.39 is 24.1 Å². The number of nitrogens with zero attached hydrogens (tertiary/aromatic N) is 1. The average molecular weight is 437 g/mol. The molecule has 9 heteroatoms. The van der Waals surface area contributed by atoms with Gasteiger partial charge >= 0.3 is 12.1 Å². The Kier molecular flexibility index (Phi) is 8.13. The van der Waals surface area contributed by atoms with Crippen LogP contribution in [-0.2, 0) is 20.8 Å². The van der Waals surface area contributed by atoms with E-state index in [1.807, 2.05) is 0 Å².